The van der Waals surface area contributed by atoms with Gasteiger partial charge in [0.05, 0.1) is 5.76 Å². The fourth-order valence-corrected chi connectivity index (χ4v) is 2.27. The van der Waals surface area contributed by atoms with Crippen LogP contribution in [0.15, 0.2) is 84.8 Å². The quantitative estimate of drug-likeness (QED) is 0.194. The first-order valence-corrected chi connectivity index (χ1v) is 8.58. The van der Waals surface area contributed by atoms with Crippen molar-refractivity contribution in [1.82, 2.24) is 4.98 Å². The molecular weight excluding hydrogens is 529 g/mol. The Bertz CT molecular complexity index is 898. The molecule has 3 nitrogen and oxygen atoms in total. The summed E-state index contributed by atoms with van der Waals surface area (Å²) in [4.78, 5) is 14.3. The number of carbonyl (C=O) groups excluding carboxylic acids is 1. The van der Waals surface area contributed by atoms with E-state index in [1.54, 1.807) is 6.20 Å². The monoisotopic (exact) mass is 551 g/mol. The van der Waals surface area contributed by atoms with Crippen LogP contribution in [0.1, 0.15) is 25.0 Å². The largest absolute Gasteiger partial charge is 0.512 e. The Morgan fingerprint density at radius 1 is 0.929 bits per heavy atom. The van der Waals surface area contributed by atoms with Crippen molar-refractivity contribution in [3.8, 4) is 11.3 Å². The van der Waals surface area contributed by atoms with Crippen molar-refractivity contribution in [2.75, 3.05) is 0 Å². The second kappa shape index (κ2) is 12.6. The van der Waals surface area contributed by atoms with E-state index in [1.807, 2.05) is 48.5 Å². The van der Waals surface area contributed by atoms with Crippen LogP contribution in [0.25, 0.3) is 23.4 Å². The van der Waals surface area contributed by atoms with E-state index in [0.29, 0.717) is 0 Å². The van der Waals surface area contributed by atoms with Gasteiger partial charge in [0, 0.05) is 33.3 Å². The summed E-state index contributed by atoms with van der Waals surface area (Å²) in [6.07, 6.45) is 7.16. The first kappa shape index (κ1) is 23.3. The van der Waals surface area contributed by atoms with Crippen LogP contribution in [0.2, 0.25) is 0 Å². The number of allylic oxidation sites excluding steroid dienone is 2. The average Bonchev–Trinajstić information content (AvgIpc) is 2.68. The van der Waals surface area contributed by atoms with Gasteiger partial charge in [0.1, 0.15) is 0 Å². The number of aliphatic hydroxyl groups is 1. The molecule has 3 rings (SSSR count). The van der Waals surface area contributed by atoms with Gasteiger partial charge in [-0.25, -0.2) is 0 Å². The van der Waals surface area contributed by atoms with E-state index in [1.165, 1.54) is 25.5 Å². The van der Waals surface area contributed by atoms with Gasteiger partial charge in [-0.3, -0.25) is 4.79 Å². The van der Waals surface area contributed by atoms with Crippen molar-refractivity contribution >= 4 is 17.9 Å². The molecule has 1 N–H and O–H groups in total. The van der Waals surface area contributed by atoms with Crippen LogP contribution in [0.5, 0.6) is 0 Å². The molecule has 0 fully saturated rings. The van der Waals surface area contributed by atoms with Gasteiger partial charge in [-0.15, -0.1) is 35.4 Å². The maximum absolute atomic E-state index is 10.0. The van der Waals surface area contributed by atoms with Crippen molar-refractivity contribution in [2.24, 2.45) is 0 Å². The second-order valence-corrected chi connectivity index (χ2v) is 5.89. The van der Waals surface area contributed by atoms with E-state index >= 15 is 0 Å². The second-order valence-electron chi connectivity index (χ2n) is 5.89. The predicted molar refractivity (Wildman–Crippen MR) is 111 cm³/mol. The molecule has 1 aromatic heterocycles. The molecule has 3 aromatic rings. The molecule has 1 heterocycles. The van der Waals surface area contributed by atoms with Gasteiger partial charge >= 0.3 is 0 Å². The van der Waals surface area contributed by atoms with Gasteiger partial charge in [0.15, 0.2) is 5.78 Å². The van der Waals surface area contributed by atoms with Crippen molar-refractivity contribution < 1.29 is 31.0 Å². The molecule has 0 spiro atoms. The standard InChI is InChI=1S/C19H14N.C5H8O2.Pt/c1-2-6-16(7-3-1)9-10-17-11-13-18(14-12-17)19-8-4-5-15-20-19;1-4(6)3-5(2)7;/h1-13,15H;3,6H,1-2H3;/q-1;;/b10-9+;4-3-;. The normalized spacial score (nSPS) is 10.6. The molecule has 0 aliphatic carbocycles. The van der Waals surface area contributed by atoms with Gasteiger partial charge in [0.25, 0.3) is 0 Å². The van der Waals surface area contributed by atoms with Crippen LogP contribution in [0.3, 0.4) is 0 Å². The van der Waals surface area contributed by atoms with E-state index in [2.05, 4.69) is 41.4 Å². The Kier molecular flexibility index (Phi) is 10.5. The maximum atomic E-state index is 10.0. The van der Waals surface area contributed by atoms with E-state index in [0.717, 1.165) is 16.8 Å². The minimum absolute atomic E-state index is 0. The van der Waals surface area contributed by atoms with Crippen molar-refractivity contribution in [1.29, 1.82) is 0 Å². The topological polar surface area (TPSA) is 50.2 Å². The third kappa shape index (κ3) is 8.74. The van der Waals surface area contributed by atoms with Gasteiger partial charge in [-0.2, -0.15) is 0 Å². The Morgan fingerprint density at radius 3 is 2.11 bits per heavy atom. The van der Waals surface area contributed by atoms with Gasteiger partial charge < -0.3 is 10.1 Å². The zero-order chi connectivity index (χ0) is 19.5. The molecule has 0 radical (unpaired) electrons. The average molecular weight is 552 g/mol. The molecule has 0 amide bonds. The van der Waals surface area contributed by atoms with Gasteiger partial charge in [-0.05, 0) is 31.2 Å². The SMILES string of the molecule is CC(=O)/C=C(/C)O.[Pt].[c-]1cc(/C=C/c2ccccc2)ccc1-c1ccccn1. The third-order valence-corrected chi connectivity index (χ3v) is 3.46. The van der Waals surface area contributed by atoms with Crippen LogP contribution in [-0.4, -0.2) is 15.9 Å². The maximum Gasteiger partial charge on any atom is 0.155 e. The molecule has 0 saturated heterocycles. The summed E-state index contributed by atoms with van der Waals surface area (Å²) in [7, 11) is 0. The number of benzene rings is 2. The molecule has 0 aliphatic rings. The number of nitrogens with zero attached hydrogens (tertiary/aromatic N) is 1. The Balaban J connectivity index is 0.000000425. The molecule has 0 bridgehead atoms. The number of ketones is 1. The first-order valence-electron chi connectivity index (χ1n) is 8.58. The molecule has 2 aromatic carbocycles. The summed E-state index contributed by atoms with van der Waals surface area (Å²) in [6.45, 7) is 2.85. The summed E-state index contributed by atoms with van der Waals surface area (Å²) in [5, 5.41) is 8.36. The number of aromatic nitrogens is 1. The van der Waals surface area contributed by atoms with E-state index in [4.69, 9.17) is 5.11 Å². The zero-order valence-corrected chi connectivity index (χ0v) is 18.1. The minimum atomic E-state index is -0.125. The molecular formula is C24H22NO2Pt-. The smallest absolute Gasteiger partial charge is 0.155 e. The molecule has 0 unspecified atom stereocenters. The third-order valence-electron chi connectivity index (χ3n) is 3.46. The Hall–Kier alpha value is -2.77. The van der Waals surface area contributed by atoms with Crippen molar-refractivity contribution in [2.45, 2.75) is 13.8 Å². The van der Waals surface area contributed by atoms with Crippen LogP contribution in [0.4, 0.5) is 0 Å². The Morgan fingerprint density at radius 2 is 1.61 bits per heavy atom. The molecule has 0 aliphatic heterocycles. The first-order chi connectivity index (χ1) is 13.0. The molecule has 28 heavy (non-hydrogen) atoms. The number of rotatable bonds is 4. The van der Waals surface area contributed by atoms with Gasteiger partial charge in [0.2, 0.25) is 0 Å². The summed E-state index contributed by atoms with van der Waals surface area (Å²) < 4.78 is 0. The van der Waals surface area contributed by atoms with Crippen LogP contribution < -0.4 is 0 Å². The molecule has 4 heteroatoms. The summed E-state index contributed by atoms with van der Waals surface area (Å²) in [6, 6.07) is 25.6. The van der Waals surface area contributed by atoms with E-state index in [9.17, 15) is 4.79 Å². The summed E-state index contributed by atoms with van der Waals surface area (Å²) >= 11 is 0. The number of hydrogen-bond donors (Lipinski definition) is 1. The summed E-state index contributed by atoms with van der Waals surface area (Å²) in [5.74, 6) is -0.0625. The molecule has 146 valence electrons. The summed E-state index contributed by atoms with van der Waals surface area (Å²) in [5.41, 5.74) is 4.29. The zero-order valence-electron chi connectivity index (χ0n) is 15.8. The predicted octanol–water partition coefficient (Wildman–Crippen LogP) is 5.75. The van der Waals surface area contributed by atoms with Crippen LogP contribution in [-0.2, 0) is 25.9 Å². The number of pyridine rings is 1. The number of carbonyl (C=O) groups is 1. The van der Waals surface area contributed by atoms with Crippen LogP contribution >= 0.6 is 0 Å². The molecule has 0 atom stereocenters. The number of aliphatic hydroxyl groups excluding tert-OH is 1. The van der Waals surface area contributed by atoms with E-state index in [-0.39, 0.29) is 32.6 Å². The van der Waals surface area contributed by atoms with Crippen molar-refractivity contribution in [3.05, 3.63) is 102 Å². The number of hydrogen-bond acceptors (Lipinski definition) is 3. The fraction of sp³-hybridized carbons (Fsp3) is 0.0833. The molecule has 0 saturated carbocycles. The fourth-order valence-electron chi connectivity index (χ4n) is 2.27. The van der Waals surface area contributed by atoms with Crippen LogP contribution in [0, 0.1) is 6.07 Å². The van der Waals surface area contributed by atoms with Gasteiger partial charge in [-0.1, -0.05) is 54.6 Å². The van der Waals surface area contributed by atoms with E-state index < -0.39 is 0 Å². The minimum Gasteiger partial charge on any atom is -0.512 e. The van der Waals surface area contributed by atoms with Crippen molar-refractivity contribution in [3.63, 3.8) is 0 Å². The Labute approximate surface area is 180 Å².